The standard InChI is InChI=1S/C13H18N4O/c1-3-10(7-18-2)17-13-11-5-4-9(14)6-12(11)15-8-16-13/h4-6,8,10H,3,7,14H2,1-2H3,(H,15,16,17). The van der Waals surface area contributed by atoms with Gasteiger partial charge in [-0.25, -0.2) is 9.97 Å². The van der Waals surface area contributed by atoms with Crippen LogP contribution in [0.25, 0.3) is 10.9 Å². The molecule has 18 heavy (non-hydrogen) atoms. The van der Waals surface area contributed by atoms with Crippen LogP contribution >= 0.6 is 0 Å². The number of methoxy groups -OCH3 is 1. The van der Waals surface area contributed by atoms with Gasteiger partial charge >= 0.3 is 0 Å². The van der Waals surface area contributed by atoms with Crippen LogP contribution in [0, 0.1) is 0 Å². The monoisotopic (exact) mass is 246 g/mol. The molecule has 0 saturated heterocycles. The Balaban J connectivity index is 2.32. The SMILES string of the molecule is CCC(COC)Nc1ncnc2cc(N)ccc12. The molecule has 0 aliphatic carbocycles. The van der Waals surface area contributed by atoms with Gasteiger partial charge in [-0.05, 0) is 24.6 Å². The Hall–Kier alpha value is -1.88. The van der Waals surface area contributed by atoms with Crippen LogP contribution in [0.3, 0.4) is 0 Å². The van der Waals surface area contributed by atoms with Crippen LogP contribution in [-0.2, 0) is 4.74 Å². The zero-order valence-corrected chi connectivity index (χ0v) is 10.7. The molecule has 0 spiro atoms. The fraction of sp³-hybridized carbons (Fsp3) is 0.385. The number of aromatic nitrogens is 2. The lowest BCUT2D eigenvalue weighted by molar-refractivity contribution is 0.184. The lowest BCUT2D eigenvalue weighted by atomic mass is 10.2. The zero-order chi connectivity index (χ0) is 13.0. The van der Waals surface area contributed by atoms with Crippen LogP contribution in [0.4, 0.5) is 11.5 Å². The van der Waals surface area contributed by atoms with Gasteiger partial charge in [-0.15, -0.1) is 0 Å². The molecular formula is C13H18N4O. The summed E-state index contributed by atoms with van der Waals surface area (Å²) in [5, 5.41) is 4.35. The molecule has 2 aromatic rings. The molecule has 1 unspecified atom stereocenters. The van der Waals surface area contributed by atoms with Gasteiger partial charge in [-0.3, -0.25) is 0 Å². The van der Waals surface area contributed by atoms with E-state index in [1.165, 1.54) is 0 Å². The average Bonchev–Trinajstić information content (AvgIpc) is 2.38. The van der Waals surface area contributed by atoms with E-state index in [0.29, 0.717) is 12.3 Å². The summed E-state index contributed by atoms with van der Waals surface area (Å²) in [4.78, 5) is 8.51. The van der Waals surface area contributed by atoms with Gasteiger partial charge in [0.1, 0.15) is 12.1 Å². The van der Waals surface area contributed by atoms with E-state index in [2.05, 4.69) is 22.2 Å². The molecule has 96 valence electrons. The summed E-state index contributed by atoms with van der Waals surface area (Å²) in [5.74, 6) is 0.823. The number of nitrogens with one attached hydrogen (secondary N) is 1. The first-order valence-corrected chi connectivity index (χ1v) is 6.00. The number of fused-ring (bicyclic) bond motifs is 1. The van der Waals surface area contributed by atoms with Crippen LogP contribution in [0.1, 0.15) is 13.3 Å². The molecular weight excluding hydrogens is 228 g/mol. The first kappa shape index (κ1) is 12.6. The molecule has 1 aromatic heterocycles. The largest absolute Gasteiger partial charge is 0.399 e. The molecule has 5 heteroatoms. The maximum absolute atomic E-state index is 5.75. The normalized spacial score (nSPS) is 12.6. The van der Waals surface area contributed by atoms with Gasteiger partial charge in [-0.1, -0.05) is 6.92 Å². The minimum absolute atomic E-state index is 0.241. The second kappa shape index (κ2) is 5.64. The Morgan fingerprint density at radius 3 is 2.94 bits per heavy atom. The lowest BCUT2D eigenvalue weighted by Gasteiger charge is -2.17. The lowest BCUT2D eigenvalue weighted by Crippen LogP contribution is -2.24. The minimum Gasteiger partial charge on any atom is -0.399 e. The third kappa shape index (κ3) is 2.68. The Labute approximate surface area is 106 Å². The molecule has 0 aliphatic heterocycles. The Bertz CT molecular complexity index is 529. The van der Waals surface area contributed by atoms with E-state index in [-0.39, 0.29) is 6.04 Å². The summed E-state index contributed by atoms with van der Waals surface area (Å²) in [6.07, 6.45) is 2.51. The van der Waals surface area contributed by atoms with Crippen molar-refractivity contribution in [3.63, 3.8) is 0 Å². The summed E-state index contributed by atoms with van der Waals surface area (Å²) >= 11 is 0. The maximum Gasteiger partial charge on any atom is 0.137 e. The van der Waals surface area contributed by atoms with Crippen molar-refractivity contribution in [1.29, 1.82) is 0 Å². The second-order valence-electron chi connectivity index (χ2n) is 4.20. The number of anilines is 2. The van der Waals surface area contributed by atoms with Gasteiger partial charge in [0.15, 0.2) is 0 Å². The van der Waals surface area contributed by atoms with Crippen molar-refractivity contribution < 1.29 is 4.74 Å². The van der Waals surface area contributed by atoms with Crippen molar-refractivity contribution in [3.05, 3.63) is 24.5 Å². The highest BCUT2D eigenvalue weighted by atomic mass is 16.5. The Kier molecular flexibility index (Phi) is 3.94. The maximum atomic E-state index is 5.75. The third-order valence-corrected chi connectivity index (χ3v) is 2.86. The topological polar surface area (TPSA) is 73.1 Å². The van der Waals surface area contributed by atoms with E-state index in [1.54, 1.807) is 13.4 Å². The van der Waals surface area contributed by atoms with E-state index < -0.39 is 0 Å². The smallest absolute Gasteiger partial charge is 0.137 e. The minimum atomic E-state index is 0.241. The van der Waals surface area contributed by atoms with Crippen LogP contribution in [0.5, 0.6) is 0 Å². The highest BCUT2D eigenvalue weighted by molar-refractivity contribution is 5.90. The van der Waals surface area contributed by atoms with Crippen molar-refractivity contribution in [1.82, 2.24) is 9.97 Å². The molecule has 0 bridgehead atoms. The molecule has 0 radical (unpaired) electrons. The van der Waals surface area contributed by atoms with Gasteiger partial charge in [-0.2, -0.15) is 0 Å². The van der Waals surface area contributed by atoms with Crippen LogP contribution in [-0.4, -0.2) is 29.7 Å². The fourth-order valence-corrected chi connectivity index (χ4v) is 1.85. The number of hydrogen-bond donors (Lipinski definition) is 2. The highest BCUT2D eigenvalue weighted by Crippen LogP contribution is 2.22. The highest BCUT2D eigenvalue weighted by Gasteiger charge is 2.09. The molecule has 0 amide bonds. The number of nitrogen functional groups attached to an aromatic ring is 1. The summed E-state index contributed by atoms with van der Waals surface area (Å²) in [6.45, 7) is 2.76. The number of nitrogens with zero attached hydrogens (tertiary/aromatic N) is 2. The average molecular weight is 246 g/mol. The number of rotatable bonds is 5. The molecule has 0 aliphatic rings. The van der Waals surface area contributed by atoms with Gasteiger partial charge in [0.2, 0.25) is 0 Å². The van der Waals surface area contributed by atoms with Gasteiger partial charge in [0.25, 0.3) is 0 Å². The summed E-state index contributed by atoms with van der Waals surface area (Å²) in [7, 11) is 1.70. The summed E-state index contributed by atoms with van der Waals surface area (Å²) in [5.41, 5.74) is 7.30. The van der Waals surface area contributed by atoms with Crippen molar-refractivity contribution in [2.75, 3.05) is 24.8 Å². The van der Waals surface area contributed by atoms with Crippen molar-refractivity contribution in [2.24, 2.45) is 0 Å². The molecule has 5 nitrogen and oxygen atoms in total. The van der Waals surface area contributed by atoms with Crippen LogP contribution in [0.15, 0.2) is 24.5 Å². The van der Waals surface area contributed by atoms with Crippen molar-refractivity contribution in [3.8, 4) is 0 Å². The van der Waals surface area contributed by atoms with Gasteiger partial charge in [0.05, 0.1) is 18.2 Å². The number of nitrogens with two attached hydrogens (primary N) is 1. The molecule has 0 fully saturated rings. The predicted octanol–water partition coefficient (Wildman–Crippen LogP) is 2.05. The van der Waals surface area contributed by atoms with Gasteiger partial charge < -0.3 is 15.8 Å². The van der Waals surface area contributed by atoms with E-state index >= 15 is 0 Å². The third-order valence-electron chi connectivity index (χ3n) is 2.86. The number of ether oxygens (including phenoxy) is 1. The molecule has 1 aromatic carbocycles. The van der Waals surface area contributed by atoms with Gasteiger partial charge in [0, 0.05) is 18.2 Å². The van der Waals surface area contributed by atoms with E-state index in [1.807, 2.05) is 18.2 Å². The zero-order valence-electron chi connectivity index (χ0n) is 10.7. The first-order chi connectivity index (χ1) is 8.74. The Morgan fingerprint density at radius 1 is 1.39 bits per heavy atom. The van der Waals surface area contributed by atoms with E-state index in [9.17, 15) is 0 Å². The summed E-state index contributed by atoms with van der Waals surface area (Å²) in [6, 6.07) is 5.88. The first-order valence-electron chi connectivity index (χ1n) is 6.00. The van der Waals surface area contributed by atoms with E-state index in [4.69, 9.17) is 10.5 Å². The van der Waals surface area contributed by atoms with Crippen LogP contribution in [0.2, 0.25) is 0 Å². The van der Waals surface area contributed by atoms with Crippen molar-refractivity contribution >= 4 is 22.4 Å². The number of hydrogen-bond acceptors (Lipinski definition) is 5. The molecule has 2 rings (SSSR count). The number of benzene rings is 1. The quantitative estimate of drug-likeness (QED) is 0.790. The van der Waals surface area contributed by atoms with E-state index in [0.717, 1.165) is 23.1 Å². The second-order valence-corrected chi connectivity index (χ2v) is 4.20. The van der Waals surface area contributed by atoms with Crippen LogP contribution < -0.4 is 11.1 Å². The summed E-state index contributed by atoms with van der Waals surface area (Å²) < 4.78 is 5.17. The molecule has 0 saturated carbocycles. The Morgan fingerprint density at radius 2 is 2.22 bits per heavy atom. The molecule has 3 N–H and O–H groups in total. The van der Waals surface area contributed by atoms with Crippen molar-refractivity contribution in [2.45, 2.75) is 19.4 Å². The fourth-order valence-electron chi connectivity index (χ4n) is 1.85. The molecule has 1 atom stereocenters. The molecule has 1 heterocycles. The predicted molar refractivity (Wildman–Crippen MR) is 73.5 cm³/mol.